The number of phenols is 1. The number of H-pyrrole nitrogens is 1. The van der Waals surface area contributed by atoms with Crippen LogP contribution in [-0.2, 0) is 37.8 Å². The predicted molar refractivity (Wildman–Crippen MR) is 188 cm³/mol. The highest BCUT2D eigenvalue weighted by molar-refractivity contribution is 6.01. The maximum absolute atomic E-state index is 12.9. The molecule has 0 unspecified atom stereocenters. The summed E-state index contributed by atoms with van der Waals surface area (Å²) in [5.41, 5.74) is 8.05. The minimum atomic E-state index is -0.551. The van der Waals surface area contributed by atoms with Crippen molar-refractivity contribution in [1.82, 2.24) is 35.1 Å². The van der Waals surface area contributed by atoms with E-state index in [-0.39, 0.29) is 17.7 Å². The first-order valence-corrected chi connectivity index (χ1v) is 16.5. The number of carbonyl (C=O) groups excluding carboxylic acids is 2. The van der Waals surface area contributed by atoms with Crippen LogP contribution < -0.4 is 16.0 Å². The Kier molecular flexibility index (Phi) is 8.37. The van der Waals surface area contributed by atoms with Gasteiger partial charge in [0, 0.05) is 77.7 Å². The zero-order chi connectivity index (χ0) is 34.3. The molecule has 252 valence electrons. The lowest BCUT2D eigenvalue weighted by molar-refractivity contribution is 0.0528. The third kappa shape index (κ3) is 6.75. The number of phenolic OH excluding ortho intramolecular Hbond substituents is 1. The molecule has 1 aliphatic heterocycles. The van der Waals surface area contributed by atoms with Gasteiger partial charge in [-0.05, 0) is 74.2 Å². The Morgan fingerprint density at radius 2 is 1.88 bits per heavy atom. The van der Waals surface area contributed by atoms with E-state index < -0.39 is 11.7 Å². The van der Waals surface area contributed by atoms with E-state index >= 15 is 0 Å². The number of amides is 2. The standard InChI is InChI=1S/C38H41N7O4/c1-38(2,3)49-37(48)40-14-13-24-19-45(21-25-20-44(4)22-41-25)33-15-23(9-11-27(24)33)17-39-18-32-34(29-7-5-6-8-31(29)42-32)35-30-16-26(46)10-12-28(30)36(47)43-35/h5-12,15-16,19-20,22,35,39,42,46H,13-14,17-18,21H2,1-4H3,(H,40,48)(H,43,47)/t35-/m1/s1. The number of alkyl carbamates (subject to hydrolysis) is 1. The van der Waals surface area contributed by atoms with Crippen LogP contribution in [0.25, 0.3) is 21.8 Å². The molecule has 4 heterocycles. The molecule has 5 N–H and O–H groups in total. The Bertz CT molecular complexity index is 2190. The van der Waals surface area contributed by atoms with Crippen LogP contribution >= 0.6 is 0 Å². The van der Waals surface area contributed by atoms with E-state index in [1.54, 1.807) is 24.5 Å². The second kappa shape index (κ2) is 12.8. The molecule has 11 nitrogen and oxygen atoms in total. The summed E-state index contributed by atoms with van der Waals surface area (Å²) in [6.45, 7) is 7.79. The third-order valence-electron chi connectivity index (χ3n) is 8.80. The summed E-state index contributed by atoms with van der Waals surface area (Å²) in [7, 11) is 1.96. The minimum Gasteiger partial charge on any atom is -0.508 e. The van der Waals surface area contributed by atoms with Gasteiger partial charge in [-0.3, -0.25) is 4.79 Å². The fourth-order valence-electron chi connectivity index (χ4n) is 6.72. The van der Waals surface area contributed by atoms with Gasteiger partial charge >= 0.3 is 6.09 Å². The van der Waals surface area contributed by atoms with E-state index in [0.29, 0.717) is 38.2 Å². The molecule has 3 aromatic heterocycles. The van der Waals surface area contributed by atoms with Crippen molar-refractivity contribution in [2.24, 2.45) is 7.05 Å². The van der Waals surface area contributed by atoms with Crippen LogP contribution in [0.2, 0.25) is 0 Å². The first-order chi connectivity index (χ1) is 23.5. The molecule has 1 aliphatic rings. The van der Waals surface area contributed by atoms with Crippen LogP contribution in [0.1, 0.15) is 70.8 Å². The van der Waals surface area contributed by atoms with Gasteiger partial charge in [-0.15, -0.1) is 0 Å². The molecule has 3 aromatic carbocycles. The zero-order valence-electron chi connectivity index (χ0n) is 28.1. The maximum atomic E-state index is 12.9. The average Bonchev–Trinajstić information content (AvgIpc) is 3.80. The van der Waals surface area contributed by atoms with E-state index in [9.17, 15) is 14.7 Å². The van der Waals surface area contributed by atoms with E-state index in [1.165, 1.54) is 0 Å². The Labute approximate surface area is 284 Å². The van der Waals surface area contributed by atoms with E-state index in [2.05, 4.69) is 60.9 Å². The second-order valence-corrected chi connectivity index (χ2v) is 13.7. The monoisotopic (exact) mass is 659 g/mol. The molecule has 11 heteroatoms. The first kappa shape index (κ1) is 32.0. The molecule has 0 aliphatic carbocycles. The normalized spacial score (nSPS) is 14.4. The van der Waals surface area contributed by atoms with Gasteiger partial charge in [-0.1, -0.05) is 30.3 Å². The number of aryl methyl sites for hydroxylation is 1. The highest BCUT2D eigenvalue weighted by Crippen LogP contribution is 2.38. The number of ether oxygens (including phenoxy) is 1. The molecule has 7 rings (SSSR count). The summed E-state index contributed by atoms with van der Waals surface area (Å²) in [6.07, 6.45) is 6.21. The Morgan fingerprint density at radius 3 is 2.67 bits per heavy atom. The van der Waals surface area contributed by atoms with Gasteiger partial charge in [0.2, 0.25) is 0 Å². The second-order valence-electron chi connectivity index (χ2n) is 13.7. The molecule has 0 spiro atoms. The van der Waals surface area contributed by atoms with Crippen molar-refractivity contribution >= 4 is 33.8 Å². The summed E-state index contributed by atoms with van der Waals surface area (Å²) in [6, 6.07) is 19.1. The molecule has 0 fully saturated rings. The number of nitrogens with zero attached hydrogens (tertiary/aromatic N) is 3. The van der Waals surface area contributed by atoms with Gasteiger partial charge in [-0.25, -0.2) is 9.78 Å². The van der Waals surface area contributed by atoms with Crippen molar-refractivity contribution in [2.75, 3.05) is 6.54 Å². The summed E-state index contributed by atoms with van der Waals surface area (Å²) < 4.78 is 9.57. The van der Waals surface area contributed by atoms with Gasteiger partial charge in [0.1, 0.15) is 11.4 Å². The van der Waals surface area contributed by atoms with E-state index in [4.69, 9.17) is 4.74 Å². The lowest BCUT2D eigenvalue weighted by Gasteiger charge is -2.19. The summed E-state index contributed by atoms with van der Waals surface area (Å²) >= 11 is 0. The molecule has 0 saturated carbocycles. The number of rotatable bonds is 10. The molecular formula is C38H41N7O4. The number of nitrogens with one attached hydrogen (secondary N) is 4. The number of imidazole rings is 1. The summed E-state index contributed by atoms with van der Waals surface area (Å²) in [5.74, 6) is -0.0170. The van der Waals surface area contributed by atoms with Gasteiger partial charge < -0.3 is 39.9 Å². The zero-order valence-corrected chi connectivity index (χ0v) is 28.1. The van der Waals surface area contributed by atoms with Crippen LogP contribution in [0.15, 0.2) is 79.4 Å². The Morgan fingerprint density at radius 1 is 1.04 bits per heavy atom. The number of carbonyl (C=O) groups is 2. The third-order valence-corrected chi connectivity index (χ3v) is 8.80. The number of aromatic amines is 1. The number of hydrogen-bond donors (Lipinski definition) is 5. The van der Waals surface area contributed by atoms with Crippen molar-refractivity contribution < 1.29 is 19.4 Å². The Balaban J connectivity index is 1.12. The summed E-state index contributed by atoms with van der Waals surface area (Å²) in [5, 5.41) is 22.0. The fourth-order valence-corrected chi connectivity index (χ4v) is 6.72. The summed E-state index contributed by atoms with van der Waals surface area (Å²) in [4.78, 5) is 33.2. The highest BCUT2D eigenvalue weighted by Gasteiger charge is 2.33. The molecular weight excluding hydrogens is 618 g/mol. The smallest absolute Gasteiger partial charge is 0.407 e. The van der Waals surface area contributed by atoms with E-state index in [0.717, 1.165) is 55.4 Å². The van der Waals surface area contributed by atoms with Crippen molar-refractivity contribution in [3.8, 4) is 5.75 Å². The SMILES string of the molecule is Cn1cnc(Cn2cc(CCNC(=O)OC(C)(C)C)c3ccc(CNCc4[nH]c5ccccc5c4[C@@H]4NC(=O)c5ccc(O)cc54)cc32)c1. The quantitative estimate of drug-likeness (QED) is 0.126. The molecule has 0 bridgehead atoms. The number of hydrogen-bond acceptors (Lipinski definition) is 6. The van der Waals surface area contributed by atoms with Crippen molar-refractivity contribution in [1.29, 1.82) is 0 Å². The molecule has 0 radical (unpaired) electrons. The lowest BCUT2D eigenvalue weighted by Crippen LogP contribution is -2.33. The topological polar surface area (TPSA) is 138 Å². The fraction of sp³-hybridized carbons (Fsp3) is 0.289. The van der Waals surface area contributed by atoms with Gasteiger partial charge in [0.15, 0.2) is 0 Å². The number of aromatic hydroxyl groups is 1. The molecule has 1 atom stereocenters. The van der Waals surface area contributed by atoms with Crippen molar-refractivity contribution in [2.45, 2.75) is 58.5 Å². The number of benzene rings is 3. The van der Waals surface area contributed by atoms with Crippen LogP contribution in [0.3, 0.4) is 0 Å². The molecule has 6 aromatic rings. The highest BCUT2D eigenvalue weighted by atomic mass is 16.6. The van der Waals surface area contributed by atoms with Crippen molar-refractivity contribution in [3.63, 3.8) is 0 Å². The van der Waals surface area contributed by atoms with Gasteiger partial charge in [0.25, 0.3) is 5.91 Å². The Hall–Kier alpha value is -5.55. The number of aromatic nitrogens is 4. The van der Waals surface area contributed by atoms with Crippen LogP contribution in [0.5, 0.6) is 5.75 Å². The molecule has 0 saturated heterocycles. The minimum absolute atomic E-state index is 0.130. The molecule has 49 heavy (non-hydrogen) atoms. The van der Waals surface area contributed by atoms with Crippen molar-refractivity contribution in [3.05, 3.63) is 119 Å². The first-order valence-electron chi connectivity index (χ1n) is 16.5. The largest absolute Gasteiger partial charge is 0.508 e. The predicted octanol–water partition coefficient (Wildman–Crippen LogP) is 5.80. The maximum Gasteiger partial charge on any atom is 0.407 e. The van der Waals surface area contributed by atoms with Crippen LogP contribution in [0.4, 0.5) is 4.79 Å². The van der Waals surface area contributed by atoms with Crippen LogP contribution in [-0.4, -0.2) is 48.4 Å². The number of para-hydroxylation sites is 1. The van der Waals surface area contributed by atoms with Gasteiger partial charge in [-0.2, -0.15) is 0 Å². The van der Waals surface area contributed by atoms with Crippen LogP contribution in [0, 0.1) is 0 Å². The number of fused-ring (bicyclic) bond motifs is 3. The molecule has 2 amide bonds. The lowest BCUT2D eigenvalue weighted by atomic mass is 9.95. The average molecular weight is 660 g/mol. The van der Waals surface area contributed by atoms with Gasteiger partial charge in [0.05, 0.1) is 24.6 Å². The van der Waals surface area contributed by atoms with E-state index in [1.807, 2.05) is 56.8 Å².